The van der Waals surface area contributed by atoms with E-state index >= 15 is 8.78 Å². The first-order valence-corrected chi connectivity index (χ1v) is 18.3. The van der Waals surface area contributed by atoms with Crippen molar-refractivity contribution >= 4 is 47.8 Å². The number of halogens is 3. The minimum Gasteiger partial charge on any atom is -0.450 e. The van der Waals surface area contributed by atoms with E-state index in [1.807, 2.05) is 20.8 Å². The minimum absolute atomic E-state index is 0.0427. The monoisotopic (exact) mass is 626 g/mol. The third-order valence-electron chi connectivity index (χ3n) is 6.73. The summed E-state index contributed by atoms with van der Waals surface area (Å²) in [6, 6.07) is 5.01. The summed E-state index contributed by atoms with van der Waals surface area (Å²) in [7, 11) is -1.23. The van der Waals surface area contributed by atoms with Gasteiger partial charge < -0.3 is 23.9 Å². The van der Waals surface area contributed by atoms with Crippen molar-refractivity contribution in [3.05, 3.63) is 52.8 Å². The smallest absolute Gasteiger partial charge is 0.198 e. The molecule has 0 amide bonds. The fraction of sp³-hybridized carbons (Fsp3) is 0.533. The summed E-state index contributed by atoms with van der Waals surface area (Å²) in [6.07, 6.45) is 4.57. The first kappa shape index (κ1) is 33.5. The first-order valence-electron chi connectivity index (χ1n) is 13.8. The van der Waals surface area contributed by atoms with Crippen LogP contribution in [-0.2, 0) is 22.6 Å². The molecule has 2 heterocycles. The molecule has 0 saturated carbocycles. The van der Waals surface area contributed by atoms with Crippen molar-refractivity contribution < 1.29 is 28.1 Å². The van der Waals surface area contributed by atoms with Crippen molar-refractivity contribution in [3.63, 3.8) is 0 Å². The van der Waals surface area contributed by atoms with Crippen LogP contribution in [0.25, 0.3) is 11.0 Å². The largest absolute Gasteiger partial charge is 0.450 e. The van der Waals surface area contributed by atoms with E-state index in [2.05, 4.69) is 24.6 Å². The zero-order chi connectivity index (χ0) is 30.4. The number of rotatable bonds is 16. The van der Waals surface area contributed by atoms with Crippen molar-refractivity contribution in [1.82, 2.24) is 9.55 Å². The Kier molecular flexibility index (Phi) is 11.9. The summed E-state index contributed by atoms with van der Waals surface area (Å²) >= 11 is 12.0. The topological polar surface area (TPSA) is 65.7 Å². The minimum atomic E-state index is -1.23. The Morgan fingerprint density at radius 2 is 1.90 bits per heavy atom. The van der Waals surface area contributed by atoms with Crippen LogP contribution in [0.3, 0.4) is 0 Å². The molecule has 6 nitrogen and oxygen atoms in total. The number of aliphatic hydroxyl groups excluding tert-OH is 1. The predicted octanol–water partition coefficient (Wildman–Crippen LogP) is 8.19. The lowest BCUT2D eigenvalue weighted by molar-refractivity contribution is -0.0142. The van der Waals surface area contributed by atoms with Gasteiger partial charge in [0.2, 0.25) is 0 Å². The van der Waals surface area contributed by atoms with Gasteiger partial charge in [0, 0.05) is 38.9 Å². The molecule has 0 aliphatic heterocycles. The molecule has 1 atom stereocenters. The standard InChI is InChI=1S/C30H41ClF2N2O4SSi/c1-20(2)38-18-30(3,17-36)9-7-22(40)13-21-14-24(32)28(25(33)15-21)39-26-8-10-34-29-27(26)23(31)16-35(29)19-37-11-12-41(4,5)6/h8,10,14-16,20,36H,7,9,11-13,17-19H2,1-6H3. The van der Waals surface area contributed by atoms with Gasteiger partial charge in [-0.3, -0.25) is 0 Å². The second-order valence-electron chi connectivity index (χ2n) is 12.3. The highest BCUT2D eigenvalue weighted by Crippen LogP contribution is 2.37. The van der Waals surface area contributed by atoms with Gasteiger partial charge >= 0.3 is 0 Å². The van der Waals surface area contributed by atoms with Gasteiger partial charge in [-0.1, -0.05) is 50.4 Å². The number of ether oxygens (including phenoxy) is 3. The summed E-state index contributed by atoms with van der Waals surface area (Å²) in [5.41, 5.74) is 0.455. The van der Waals surface area contributed by atoms with Crippen LogP contribution >= 0.6 is 23.8 Å². The Labute approximate surface area is 253 Å². The van der Waals surface area contributed by atoms with Gasteiger partial charge in [0.25, 0.3) is 0 Å². The second-order valence-corrected chi connectivity index (χ2v) is 18.9. The molecule has 226 valence electrons. The highest BCUT2D eigenvalue weighted by atomic mass is 35.5. The van der Waals surface area contributed by atoms with E-state index in [0.717, 1.165) is 6.04 Å². The molecule has 3 rings (SSSR count). The molecular formula is C30H41ClF2N2O4SSi. The van der Waals surface area contributed by atoms with Crippen LogP contribution < -0.4 is 4.74 Å². The van der Waals surface area contributed by atoms with Crippen LogP contribution in [-0.4, -0.2) is 53.5 Å². The third kappa shape index (κ3) is 9.79. The van der Waals surface area contributed by atoms with Crippen LogP contribution in [0.5, 0.6) is 11.5 Å². The quantitative estimate of drug-likeness (QED) is 0.0982. The molecule has 0 spiro atoms. The van der Waals surface area contributed by atoms with Gasteiger partial charge in [0.1, 0.15) is 18.1 Å². The summed E-state index contributed by atoms with van der Waals surface area (Å²) in [5.74, 6) is -2.03. The zero-order valence-electron chi connectivity index (χ0n) is 24.7. The molecule has 0 fully saturated rings. The molecular weight excluding hydrogens is 586 g/mol. The average Bonchev–Trinajstić information content (AvgIpc) is 3.22. The number of nitrogens with zero attached hydrogens (tertiary/aromatic N) is 2. The number of thiocarbonyl (C=S) groups is 1. The van der Waals surface area contributed by atoms with Crippen molar-refractivity contribution in [2.75, 3.05) is 19.8 Å². The van der Waals surface area contributed by atoms with E-state index in [4.69, 9.17) is 38.0 Å². The van der Waals surface area contributed by atoms with Gasteiger partial charge in [-0.05, 0) is 61.4 Å². The second kappa shape index (κ2) is 14.5. The van der Waals surface area contributed by atoms with E-state index in [1.54, 1.807) is 10.8 Å². The normalized spacial score (nSPS) is 13.6. The summed E-state index contributed by atoms with van der Waals surface area (Å²) in [6.45, 7) is 13.9. The molecule has 0 radical (unpaired) electrons. The van der Waals surface area contributed by atoms with Crippen molar-refractivity contribution in [2.45, 2.75) is 78.6 Å². The number of fused-ring (bicyclic) bond motifs is 1. The Hall–Kier alpha value is -1.95. The molecule has 2 aromatic heterocycles. The Balaban J connectivity index is 1.70. The lowest BCUT2D eigenvalue weighted by Crippen LogP contribution is -2.30. The van der Waals surface area contributed by atoms with E-state index in [1.165, 1.54) is 24.4 Å². The molecule has 0 saturated heterocycles. The first-order chi connectivity index (χ1) is 19.2. The number of pyridine rings is 1. The van der Waals surface area contributed by atoms with E-state index in [0.29, 0.717) is 52.5 Å². The van der Waals surface area contributed by atoms with Crippen LogP contribution in [0.15, 0.2) is 30.6 Å². The highest BCUT2D eigenvalue weighted by Gasteiger charge is 2.25. The zero-order valence-corrected chi connectivity index (χ0v) is 27.3. The molecule has 0 aliphatic carbocycles. The average molecular weight is 627 g/mol. The number of aromatic nitrogens is 2. The Morgan fingerprint density at radius 3 is 2.51 bits per heavy atom. The number of hydrogen-bond acceptors (Lipinski definition) is 6. The summed E-state index contributed by atoms with van der Waals surface area (Å²) in [4.78, 5) is 5.02. The Morgan fingerprint density at radius 1 is 1.22 bits per heavy atom. The maximum atomic E-state index is 15.1. The van der Waals surface area contributed by atoms with Crippen molar-refractivity contribution in [2.24, 2.45) is 5.41 Å². The number of hydrogen-bond donors (Lipinski definition) is 1. The third-order valence-corrected chi connectivity index (χ3v) is 9.06. The van der Waals surface area contributed by atoms with Crippen LogP contribution in [0.2, 0.25) is 30.7 Å². The van der Waals surface area contributed by atoms with Gasteiger partial charge in [0.15, 0.2) is 17.4 Å². The van der Waals surface area contributed by atoms with Crippen LogP contribution in [0.4, 0.5) is 8.78 Å². The van der Waals surface area contributed by atoms with E-state index in [9.17, 15) is 5.11 Å². The molecule has 3 aromatic rings. The Bertz CT molecular complexity index is 1330. The van der Waals surface area contributed by atoms with E-state index in [-0.39, 0.29) is 31.6 Å². The lowest BCUT2D eigenvalue weighted by atomic mass is 9.86. The van der Waals surface area contributed by atoms with Crippen molar-refractivity contribution in [3.8, 4) is 11.5 Å². The molecule has 0 aliphatic rings. The van der Waals surface area contributed by atoms with Gasteiger partial charge in [0.05, 0.1) is 29.7 Å². The molecule has 41 heavy (non-hydrogen) atoms. The number of aliphatic hydroxyl groups is 1. The molecule has 1 aromatic carbocycles. The van der Waals surface area contributed by atoms with Crippen LogP contribution in [0.1, 0.15) is 39.2 Å². The molecule has 1 unspecified atom stereocenters. The number of benzene rings is 1. The van der Waals surface area contributed by atoms with Crippen molar-refractivity contribution in [1.29, 1.82) is 0 Å². The van der Waals surface area contributed by atoms with Gasteiger partial charge in [-0.2, -0.15) is 0 Å². The molecule has 0 bridgehead atoms. The predicted molar refractivity (Wildman–Crippen MR) is 167 cm³/mol. The van der Waals surface area contributed by atoms with Gasteiger partial charge in [-0.15, -0.1) is 0 Å². The summed E-state index contributed by atoms with van der Waals surface area (Å²) < 4.78 is 49.3. The highest BCUT2D eigenvalue weighted by molar-refractivity contribution is 7.80. The lowest BCUT2D eigenvalue weighted by Gasteiger charge is -2.28. The SMILES string of the molecule is CC(C)OCC(C)(CO)CCC(=S)Cc1cc(F)c(Oc2ccnc3c2c(Cl)cn3COCC[Si](C)(C)C)c(F)c1. The summed E-state index contributed by atoms with van der Waals surface area (Å²) in [5, 5.41) is 10.6. The maximum absolute atomic E-state index is 15.1. The fourth-order valence-corrected chi connectivity index (χ4v) is 5.43. The molecule has 11 heteroatoms. The maximum Gasteiger partial charge on any atom is 0.198 e. The fourth-order valence-electron chi connectivity index (χ4n) is 4.11. The van der Waals surface area contributed by atoms with Gasteiger partial charge in [-0.25, -0.2) is 13.8 Å². The van der Waals surface area contributed by atoms with E-state index < -0.39 is 30.9 Å². The molecule has 1 N–H and O–H groups in total. The van der Waals surface area contributed by atoms with Crippen LogP contribution in [0, 0.1) is 17.0 Å².